The molecule has 1 unspecified atom stereocenters. The van der Waals surface area contributed by atoms with Gasteiger partial charge < -0.3 is 21.1 Å². The molecule has 0 aliphatic heterocycles. The van der Waals surface area contributed by atoms with E-state index < -0.39 is 11.9 Å². The highest BCUT2D eigenvalue weighted by atomic mass is 35.5. The quantitative estimate of drug-likeness (QED) is 0.605. The Morgan fingerprint density at radius 3 is 2.64 bits per heavy atom. The van der Waals surface area contributed by atoms with E-state index in [1.54, 1.807) is 35.0 Å². The molecule has 130 valence electrons. The number of hydrogen-bond acceptors (Lipinski definition) is 6. The van der Waals surface area contributed by atoms with Gasteiger partial charge in [-0.15, -0.1) is 11.3 Å². The Morgan fingerprint density at radius 2 is 2.08 bits per heavy atom. The van der Waals surface area contributed by atoms with Gasteiger partial charge in [-0.05, 0) is 24.3 Å². The zero-order chi connectivity index (χ0) is 18.0. The van der Waals surface area contributed by atoms with Crippen LogP contribution in [-0.4, -0.2) is 32.1 Å². The first kappa shape index (κ1) is 17.6. The first-order valence-corrected chi connectivity index (χ1v) is 8.63. The lowest BCUT2D eigenvalue weighted by molar-refractivity contribution is 0.0990. The molecule has 0 fully saturated rings. The molecule has 3 aromatic heterocycles. The van der Waals surface area contributed by atoms with E-state index in [-0.39, 0.29) is 13.2 Å². The fraction of sp³-hybridized carbons (Fsp3) is 0.188. The van der Waals surface area contributed by atoms with Gasteiger partial charge in [0.1, 0.15) is 10.7 Å². The van der Waals surface area contributed by atoms with Gasteiger partial charge in [0.15, 0.2) is 0 Å². The Balaban J connectivity index is 2.15. The van der Waals surface area contributed by atoms with Crippen LogP contribution in [0.4, 0.5) is 0 Å². The zero-order valence-corrected chi connectivity index (χ0v) is 14.7. The summed E-state index contributed by atoms with van der Waals surface area (Å²) in [4.78, 5) is 21.2. The van der Waals surface area contributed by atoms with Crippen molar-refractivity contribution in [3.05, 3.63) is 57.3 Å². The van der Waals surface area contributed by atoms with Crippen LogP contribution < -0.4 is 11.5 Å². The first-order chi connectivity index (χ1) is 12.0. The number of aliphatic hydroxyl groups is 1. The van der Waals surface area contributed by atoms with Crippen molar-refractivity contribution in [1.82, 2.24) is 14.5 Å². The van der Waals surface area contributed by atoms with Gasteiger partial charge in [0.2, 0.25) is 0 Å². The van der Waals surface area contributed by atoms with Gasteiger partial charge in [-0.2, -0.15) is 0 Å². The van der Waals surface area contributed by atoms with Crippen LogP contribution in [0.2, 0.25) is 5.02 Å². The average Bonchev–Trinajstić information content (AvgIpc) is 3.24. The van der Waals surface area contributed by atoms with Crippen molar-refractivity contribution in [2.45, 2.75) is 12.6 Å². The van der Waals surface area contributed by atoms with E-state index >= 15 is 0 Å². The number of pyridine rings is 1. The molecule has 0 aliphatic rings. The Hall–Kier alpha value is -2.26. The molecule has 3 rings (SSSR count). The van der Waals surface area contributed by atoms with Crippen molar-refractivity contribution in [1.29, 1.82) is 0 Å². The van der Waals surface area contributed by atoms with E-state index in [4.69, 9.17) is 23.1 Å². The van der Waals surface area contributed by atoms with Crippen molar-refractivity contribution in [3.63, 3.8) is 0 Å². The van der Waals surface area contributed by atoms with Gasteiger partial charge in [0.05, 0.1) is 33.9 Å². The predicted molar refractivity (Wildman–Crippen MR) is 96.4 cm³/mol. The molecule has 1 amide bonds. The summed E-state index contributed by atoms with van der Waals surface area (Å²) in [6, 6.07) is 6.47. The van der Waals surface area contributed by atoms with E-state index in [1.807, 2.05) is 0 Å². The number of carbonyl (C=O) groups excluding carboxylic acids is 1. The van der Waals surface area contributed by atoms with Gasteiger partial charge in [0.25, 0.3) is 5.91 Å². The number of primary amides is 1. The Morgan fingerprint density at radius 1 is 1.28 bits per heavy atom. The summed E-state index contributed by atoms with van der Waals surface area (Å²) in [7, 11) is 0. The summed E-state index contributed by atoms with van der Waals surface area (Å²) >= 11 is 7.24. The molecule has 0 spiro atoms. The molecule has 0 saturated carbocycles. The molecule has 0 radical (unpaired) electrons. The van der Waals surface area contributed by atoms with Crippen LogP contribution in [0.5, 0.6) is 0 Å². The lowest BCUT2D eigenvalue weighted by atomic mass is 10.2. The molecule has 3 heterocycles. The minimum absolute atomic E-state index is 0.102. The summed E-state index contributed by atoms with van der Waals surface area (Å²) < 4.78 is 1.73. The lowest BCUT2D eigenvalue weighted by Gasteiger charge is -2.20. The number of rotatable bonds is 6. The van der Waals surface area contributed by atoms with E-state index in [2.05, 4.69) is 9.97 Å². The number of aromatic nitrogens is 3. The standard InChI is InChI=1S/C16H16ClN5O2S/c17-9-1-2-11(20-6-9)12-3-4-13(15(19)24)22(12)14(5-18)16-21-7-10(8-23)25-16/h1-4,6-7,14,23H,5,8,18H2,(H2,19,24). The number of nitrogens with two attached hydrogens (primary N) is 2. The second kappa shape index (κ2) is 7.32. The summed E-state index contributed by atoms with van der Waals surface area (Å²) in [5.41, 5.74) is 13.1. The van der Waals surface area contributed by atoms with E-state index in [0.717, 1.165) is 0 Å². The summed E-state index contributed by atoms with van der Waals surface area (Å²) in [5, 5.41) is 10.5. The maximum absolute atomic E-state index is 11.9. The number of nitrogens with zero attached hydrogens (tertiary/aromatic N) is 3. The molecular weight excluding hydrogens is 362 g/mol. The van der Waals surface area contributed by atoms with Crippen LogP contribution in [0.25, 0.3) is 11.4 Å². The first-order valence-electron chi connectivity index (χ1n) is 7.43. The minimum atomic E-state index is -0.572. The third kappa shape index (κ3) is 3.42. The van der Waals surface area contributed by atoms with Crippen molar-refractivity contribution >= 4 is 28.8 Å². The number of halogens is 1. The van der Waals surface area contributed by atoms with Gasteiger partial charge in [-0.3, -0.25) is 9.78 Å². The Bertz CT molecular complexity index is 890. The molecular formula is C16H16ClN5O2S. The fourth-order valence-electron chi connectivity index (χ4n) is 2.59. The van der Waals surface area contributed by atoms with Crippen LogP contribution in [0.1, 0.15) is 26.4 Å². The van der Waals surface area contributed by atoms with Crippen LogP contribution in [0, 0.1) is 0 Å². The molecule has 9 heteroatoms. The molecule has 0 saturated heterocycles. The largest absolute Gasteiger partial charge is 0.391 e. The number of carbonyl (C=O) groups is 1. The van der Waals surface area contributed by atoms with Gasteiger partial charge in [0, 0.05) is 18.9 Å². The minimum Gasteiger partial charge on any atom is -0.391 e. The molecule has 25 heavy (non-hydrogen) atoms. The summed E-state index contributed by atoms with van der Waals surface area (Å²) in [6.45, 7) is 0.100. The van der Waals surface area contributed by atoms with Crippen molar-refractivity contribution in [2.24, 2.45) is 11.5 Å². The smallest absolute Gasteiger partial charge is 0.265 e. The highest BCUT2D eigenvalue weighted by Gasteiger charge is 2.24. The van der Waals surface area contributed by atoms with Gasteiger partial charge in [-0.1, -0.05) is 11.6 Å². The van der Waals surface area contributed by atoms with Crippen molar-refractivity contribution in [2.75, 3.05) is 6.54 Å². The van der Waals surface area contributed by atoms with Gasteiger partial charge >= 0.3 is 0 Å². The summed E-state index contributed by atoms with van der Waals surface area (Å²) in [5.74, 6) is -0.572. The van der Waals surface area contributed by atoms with Gasteiger partial charge in [-0.25, -0.2) is 4.98 Å². The maximum Gasteiger partial charge on any atom is 0.265 e. The molecule has 0 aliphatic carbocycles. The number of thiazole rings is 1. The van der Waals surface area contributed by atoms with Crippen molar-refractivity contribution < 1.29 is 9.90 Å². The van der Waals surface area contributed by atoms with Crippen LogP contribution in [-0.2, 0) is 6.61 Å². The molecule has 1 atom stereocenters. The van der Waals surface area contributed by atoms with E-state index in [9.17, 15) is 9.90 Å². The van der Waals surface area contributed by atoms with Crippen LogP contribution >= 0.6 is 22.9 Å². The average molecular weight is 378 g/mol. The Labute approximate surface area is 152 Å². The van der Waals surface area contributed by atoms with Crippen LogP contribution in [0.15, 0.2) is 36.7 Å². The Kier molecular flexibility index (Phi) is 5.14. The maximum atomic E-state index is 11.9. The molecule has 7 nitrogen and oxygen atoms in total. The number of aliphatic hydroxyl groups excluding tert-OH is 1. The highest BCUT2D eigenvalue weighted by molar-refractivity contribution is 7.11. The predicted octanol–water partition coefficient (Wildman–Crippen LogP) is 1.80. The molecule has 0 aromatic carbocycles. The van der Waals surface area contributed by atoms with Crippen molar-refractivity contribution in [3.8, 4) is 11.4 Å². The highest BCUT2D eigenvalue weighted by Crippen LogP contribution is 2.31. The molecule has 0 bridgehead atoms. The molecule has 3 aromatic rings. The third-order valence-electron chi connectivity index (χ3n) is 3.71. The monoisotopic (exact) mass is 377 g/mol. The second-order valence-electron chi connectivity index (χ2n) is 5.27. The molecule has 5 N–H and O–H groups in total. The second-order valence-corrected chi connectivity index (χ2v) is 6.86. The number of amides is 1. The lowest BCUT2D eigenvalue weighted by Crippen LogP contribution is -2.26. The third-order valence-corrected chi connectivity index (χ3v) is 5.01. The van der Waals surface area contributed by atoms with E-state index in [0.29, 0.717) is 32.0 Å². The summed E-state index contributed by atoms with van der Waals surface area (Å²) in [6.07, 6.45) is 3.12. The van der Waals surface area contributed by atoms with Crippen LogP contribution in [0.3, 0.4) is 0 Å². The SMILES string of the molecule is NCC(c1ncc(CO)s1)n1c(C(N)=O)ccc1-c1ccc(Cl)cn1. The normalized spacial score (nSPS) is 12.3. The topological polar surface area (TPSA) is 120 Å². The number of hydrogen-bond donors (Lipinski definition) is 3. The fourth-order valence-corrected chi connectivity index (χ4v) is 3.58. The zero-order valence-electron chi connectivity index (χ0n) is 13.1. The van der Waals surface area contributed by atoms with E-state index in [1.165, 1.54) is 17.5 Å².